The summed E-state index contributed by atoms with van der Waals surface area (Å²) in [4.78, 5) is 41.5. The maximum absolute atomic E-state index is 14.6. The highest BCUT2D eigenvalue weighted by Gasteiger charge is 2.47. The van der Waals surface area contributed by atoms with Gasteiger partial charge in [0.25, 0.3) is 5.91 Å². The van der Waals surface area contributed by atoms with Crippen LogP contribution in [0.1, 0.15) is 49.4 Å². The largest absolute Gasteiger partial charge is 0.491 e. The Hall–Kier alpha value is -4.28. The summed E-state index contributed by atoms with van der Waals surface area (Å²) in [5.41, 5.74) is 1.94. The Balaban J connectivity index is 0.00000248. The first-order chi connectivity index (χ1) is 20.8. The Morgan fingerprint density at radius 3 is 2.30 bits per heavy atom. The quantitative estimate of drug-likeness (QED) is 0.197. The van der Waals surface area contributed by atoms with Gasteiger partial charge in [-0.3, -0.25) is 9.59 Å². The number of hydrogen-bond donors (Lipinski definition) is 2. The first kappa shape index (κ1) is 33.2. The molecule has 0 aliphatic carbocycles. The van der Waals surface area contributed by atoms with Gasteiger partial charge in [0.15, 0.2) is 0 Å². The molecule has 3 aromatic rings. The average molecular weight is 594 g/mol. The number of benzene rings is 3. The van der Waals surface area contributed by atoms with Crippen molar-refractivity contribution >= 4 is 23.5 Å². The van der Waals surface area contributed by atoms with Crippen molar-refractivity contribution in [3.8, 4) is 5.75 Å². The van der Waals surface area contributed by atoms with Crippen LogP contribution in [0, 0.1) is 12.7 Å². The minimum absolute atomic E-state index is 0.0332. The predicted octanol–water partition coefficient (Wildman–Crippen LogP) is 5.61. The molecule has 4 rings (SSSR count). The second-order valence-corrected chi connectivity index (χ2v) is 9.73. The highest BCUT2D eigenvalue weighted by molar-refractivity contribution is 6.10. The standard InChI is InChI=1S/C31H34FN3O6.C2H6/c1-20-9-14-26(25(32)19-20)33-29(36)28(21(2)22-7-5-4-6-8-22)35-30(37)27(34-31(35)38)23-10-12-24(13-11-23)41-18-17-40-16-15-39-3;1-2/h4-14,19,21,27-28H,15-18H2,1-3H3,(H,33,36)(H,34,38);1-2H3/t21?,27-,28?;/m1./s1. The second kappa shape index (κ2) is 16.4. The molecular weight excluding hydrogens is 553 g/mol. The fraction of sp³-hybridized carbons (Fsp3) is 0.364. The minimum atomic E-state index is -1.24. The van der Waals surface area contributed by atoms with Crippen LogP contribution in [-0.4, -0.2) is 62.3 Å². The Kier molecular flexibility index (Phi) is 12.7. The number of carbonyl (C=O) groups excluding carboxylic acids is 3. The third-order valence-corrected chi connectivity index (χ3v) is 6.84. The Bertz CT molecular complexity index is 1350. The highest BCUT2D eigenvalue weighted by Crippen LogP contribution is 2.32. The number of anilines is 1. The fourth-order valence-electron chi connectivity index (χ4n) is 4.64. The first-order valence-electron chi connectivity index (χ1n) is 14.3. The number of urea groups is 1. The van der Waals surface area contributed by atoms with Gasteiger partial charge in [-0.1, -0.05) is 69.3 Å². The summed E-state index contributed by atoms with van der Waals surface area (Å²) in [5, 5.41) is 5.28. The zero-order valence-electron chi connectivity index (χ0n) is 25.3. The fourth-order valence-corrected chi connectivity index (χ4v) is 4.64. The molecule has 0 spiro atoms. The molecule has 43 heavy (non-hydrogen) atoms. The molecule has 1 aliphatic rings. The van der Waals surface area contributed by atoms with Crippen LogP contribution in [0.3, 0.4) is 0 Å². The Morgan fingerprint density at radius 2 is 1.65 bits per heavy atom. The number of nitrogens with one attached hydrogen (secondary N) is 2. The number of halogens is 1. The maximum atomic E-state index is 14.6. The number of carbonyl (C=O) groups is 3. The van der Waals surface area contributed by atoms with Crippen molar-refractivity contribution in [3.05, 3.63) is 95.3 Å². The summed E-state index contributed by atoms with van der Waals surface area (Å²) >= 11 is 0. The van der Waals surface area contributed by atoms with E-state index >= 15 is 0 Å². The van der Waals surface area contributed by atoms with E-state index in [4.69, 9.17) is 14.2 Å². The Labute approximate surface area is 252 Å². The van der Waals surface area contributed by atoms with Crippen LogP contribution >= 0.6 is 0 Å². The Morgan fingerprint density at radius 1 is 0.977 bits per heavy atom. The molecule has 230 valence electrons. The van der Waals surface area contributed by atoms with Gasteiger partial charge in [-0.05, 0) is 47.9 Å². The van der Waals surface area contributed by atoms with E-state index in [1.165, 1.54) is 12.1 Å². The number of methoxy groups -OCH3 is 1. The lowest BCUT2D eigenvalue weighted by molar-refractivity contribution is -0.134. The molecule has 10 heteroatoms. The van der Waals surface area contributed by atoms with E-state index in [1.54, 1.807) is 51.3 Å². The van der Waals surface area contributed by atoms with Crippen molar-refractivity contribution in [1.29, 1.82) is 0 Å². The van der Waals surface area contributed by atoms with E-state index < -0.39 is 41.7 Å². The lowest BCUT2D eigenvalue weighted by Gasteiger charge is -2.30. The van der Waals surface area contributed by atoms with Crippen molar-refractivity contribution in [2.24, 2.45) is 0 Å². The molecule has 1 aliphatic heterocycles. The van der Waals surface area contributed by atoms with Crippen LogP contribution < -0.4 is 15.4 Å². The van der Waals surface area contributed by atoms with Crippen LogP contribution in [0.5, 0.6) is 5.75 Å². The molecule has 1 saturated heterocycles. The van der Waals surface area contributed by atoms with Gasteiger partial charge in [-0.2, -0.15) is 0 Å². The number of imide groups is 1. The van der Waals surface area contributed by atoms with Gasteiger partial charge in [-0.15, -0.1) is 0 Å². The van der Waals surface area contributed by atoms with E-state index in [9.17, 15) is 18.8 Å². The van der Waals surface area contributed by atoms with E-state index in [-0.39, 0.29) is 5.69 Å². The maximum Gasteiger partial charge on any atom is 0.325 e. The van der Waals surface area contributed by atoms with Gasteiger partial charge in [0, 0.05) is 13.0 Å². The number of hydrogen-bond acceptors (Lipinski definition) is 6. The molecule has 9 nitrogen and oxygen atoms in total. The zero-order valence-corrected chi connectivity index (χ0v) is 25.3. The molecule has 0 aromatic heterocycles. The average Bonchev–Trinajstić information content (AvgIpc) is 3.31. The number of ether oxygens (including phenoxy) is 3. The summed E-state index contributed by atoms with van der Waals surface area (Å²) in [6.45, 7) is 9.20. The van der Waals surface area contributed by atoms with Gasteiger partial charge >= 0.3 is 6.03 Å². The van der Waals surface area contributed by atoms with Crippen LogP contribution in [0.15, 0.2) is 72.8 Å². The molecule has 0 bridgehead atoms. The molecule has 1 heterocycles. The van der Waals surface area contributed by atoms with E-state index in [0.29, 0.717) is 43.3 Å². The van der Waals surface area contributed by atoms with Crippen molar-refractivity contribution in [2.75, 3.05) is 38.9 Å². The normalized spacial score (nSPS) is 15.7. The van der Waals surface area contributed by atoms with E-state index in [1.807, 2.05) is 44.2 Å². The lowest BCUT2D eigenvalue weighted by atomic mass is 9.91. The third kappa shape index (κ3) is 8.62. The second-order valence-electron chi connectivity index (χ2n) is 9.73. The number of nitrogens with zero attached hydrogens (tertiary/aromatic N) is 1. The van der Waals surface area contributed by atoms with Crippen LogP contribution in [0.4, 0.5) is 14.9 Å². The minimum Gasteiger partial charge on any atom is -0.491 e. The van der Waals surface area contributed by atoms with Gasteiger partial charge in [-0.25, -0.2) is 14.1 Å². The van der Waals surface area contributed by atoms with Crippen molar-refractivity contribution in [1.82, 2.24) is 10.2 Å². The summed E-state index contributed by atoms with van der Waals surface area (Å²) < 4.78 is 30.6. The molecule has 4 amide bonds. The van der Waals surface area contributed by atoms with Gasteiger partial charge in [0.2, 0.25) is 5.91 Å². The molecule has 1 fully saturated rings. The monoisotopic (exact) mass is 593 g/mol. The summed E-state index contributed by atoms with van der Waals surface area (Å²) in [6, 6.07) is 17.3. The van der Waals surface area contributed by atoms with Crippen LogP contribution in [0.2, 0.25) is 0 Å². The molecule has 0 saturated carbocycles. The van der Waals surface area contributed by atoms with Crippen molar-refractivity contribution in [2.45, 2.75) is 45.7 Å². The van der Waals surface area contributed by atoms with Crippen molar-refractivity contribution < 1.29 is 33.0 Å². The van der Waals surface area contributed by atoms with Crippen molar-refractivity contribution in [3.63, 3.8) is 0 Å². The van der Waals surface area contributed by atoms with Gasteiger partial charge in [0.05, 0.1) is 25.5 Å². The summed E-state index contributed by atoms with van der Waals surface area (Å²) in [6.07, 6.45) is 0. The van der Waals surface area contributed by atoms with Gasteiger partial charge < -0.3 is 24.8 Å². The SMILES string of the molecule is CC.COCCOCCOc1ccc([C@H]2NC(=O)N(C(C(=O)Nc3ccc(C)cc3F)C(C)c3ccccc3)C2=O)cc1. The molecule has 3 atom stereocenters. The summed E-state index contributed by atoms with van der Waals surface area (Å²) in [7, 11) is 1.60. The van der Waals surface area contributed by atoms with E-state index in [0.717, 1.165) is 10.5 Å². The number of rotatable bonds is 13. The third-order valence-electron chi connectivity index (χ3n) is 6.84. The molecule has 0 radical (unpaired) electrons. The van der Waals surface area contributed by atoms with Gasteiger partial charge in [0.1, 0.15) is 30.3 Å². The van der Waals surface area contributed by atoms with Crippen LogP contribution in [-0.2, 0) is 19.1 Å². The smallest absolute Gasteiger partial charge is 0.325 e. The van der Waals surface area contributed by atoms with Crippen LogP contribution in [0.25, 0.3) is 0 Å². The molecule has 2 unspecified atom stereocenters. The highest BCUT2D eigenvalue weighted by atomic mass is 19.1. The molecule has 3 aromatic carbocycles. The molecular formula is C33H40FN3O6. The lowest BCUT2D eigenvalue weighted by Crippen LogP contribution is -2.50. The topological polar surface area (TPSA) is 106 Å². The van der Waals surface area contributed by atoms with E-state index in [2.05, 4.69) is 10.6 Å². The molecule has 2 N–H and O–H groups in total. The number of amides is 4. The zero-order chi connectivity index (χ0) is 31.4. The predicted molar refractivity (Wildman–Crippen MR) is 163 cm³/mol. The number of aryl methyl sites for hydroxylation is 1. The first-order valence-corrected chi connectivity index (χ1v) is 14.3. The summed E-state index contributed by atoms with van der Waals surface area (Å²) in [5.74, 6) is -1.87.